The molecule has 1 N–H and O–H groups in total. The largest absolute Gasteiger partial charge is 0.343 e. The second-order valence-electron chi connectivity index (χ2n) is 3.34. The third kappa shape index (κ3) is 2.12. The molecule has 2 heterocycles. The molecule has 0 fully saturated rings. The van der Waals surface area contributed by atoms with Crippen molar-refractivity contribution in [2.45, 2.75) is 13.3 Å². The van der Waals surface area contributed by atoms with Crippen LogP contribution in [0.5, 0.6) is 0 Å². The van der Waals surface area contributed by atoms with Gasteiger partial charge in [0.2, 0.25) is 0 Å². The summed E-state index contributed by atoms with van der Waals surface area (Å²) in [5.74, 6) is 0.904. The number of rotatable bonds is 2. The van der Waals surface area contributed by atoms with Gasteiger partial charge in [0.1, 0.15) is 10.5 Å². The van der Waals surface area contributed by atoms with E-state index >= 15 is 0 Å². The summed E-state index contributed by atoms with van der Waals surface area (Å²) >= 11 is 5.10. The van der Waals surface area contributed by atoms with Crippen molar-refractivity contribution < 1.29 is 0 Å². The topological polar surface area (TPSA) is 46.5 Å². The summed E-state index contributed by atoms with van der Waals surface area (Å²) in [6, 6.07) is 1.85. The summed E-state index contributed by atoms with van der Waals surface area (Å²) in [7, 11) is 1.89. The minimum absolute atomic E-state index is 0.615. The molecule has 0 atom stereocenters. The number of hydrogen-bond donors (Lipinski definition) is 1. The predicted octanol–water partition coefficient (Wildman–Crippen LogP) is 2.10. The third-order valence-electron chi connectivity index (χ3n) is 2.14. The summed E-state index contributed by atoms with van der Waals surface area (Å²) in [5, 5.41) is 4.12. The summed E-state index contributed by atoms with van der Waals surface area (Å²) in [6.45, 7) is 2.04. The average molecular weight is 220 g/mol. The normalized spacial score (nSPS) is 10.5. The quantitative estimate of drug-likeness (QED) is 0.788. The molecule has 0 amide bonds. The van der Waals surface area contributed by atoms with Gasteiger partial charge in [0, 0.05) is 25.2 Å². The van der Waals surface area contributed by atoms with Gasteiger partial charge in [0.25, 0.3) is 0 Å². The van der Waals surface area contributed by atoms with Crippen LogP contribution in [0, 0.1) is 4.64 Å². The van der Waals surface area contributed by atoms with Gasteiger partial charge in [-0.05, 0) is 6.07 Å². The van der Waals surface area contributed by atoms with Crippen LogP contribution in [0.2, 0.25) is 0 Å². The molecule has 0 aliphatic carbocycles. The maximum atomic E-state index is 5.10. The van der Waals surface area contributed by atoms with E-state index in [9.17, 15) is 0 Å². The van der Waals surface area contributed by atoms with Crippen LogP contribution in [0.25, 0.3) is 11.3 Å². The highest BCUT2D eigenvalue weighted by atomic mass is 32.1. The first-order valence-corrected chi connectivity index (χ1v) is 5.19. The maximum absolute atomic E-state index is 5.10. The number of hydrogen-bond acceptors (Lipinski definition) is 3. The Labute approximate surface area is 93.0 Å². The molecule has 4 nitrogen and oxygen atoms in total. The Morgan fingerprint density at radius 3 is 2.93 bits per heavy atom. The second kappa shape index (κ2) is 3.94. The Morgan fingerprint density at radius 1 is 1.53 bits per heavy atom. The summed E-state index contributed by atoms with van der Waals surface area (Å²) < 4.78 is 2.38. The van der Waals surface area contributed by atoms with Crippen LogP contribution >= 0.6 is 12.2 Å². The fourth-order valence-corrected chi connectivity index (χ4v) is 1.62. The molecule has 0 unspecified atom stereocenters. The van der Waals surface area contributed by atoms with Gasteiger partial charge < -0.3 is 4.98 Å². The first-order chi connectivity index (χ1) is 7.19. The molecule has 2 aromatic heterocycles. The number of aryl methyl sites for hydroxylation is 2. The van der Waals surface area contributed by atoms with Crippen molar-refractivity contribution >= 4 is 12.2 Å². The first-order valence-electron chi connectivity index (χ1n) is 4.78. The summed E-state index contributed by atoms with van der Waals surface area (Å²) in [5.41, 5.74) is 2.00. The van der Waals surface area contributed by atoms with Crippen LogP contribution < -0.4 is 0 Å². The summed E-state index contributed by atoms with van der Waals surface area (Å²) in [4.78, 5) is 7.45. The maximum Gasteiger partial charge on any atom is 0.130 e. The Hall–Kier alpha value is -1.49. The van der Waals surface area contributed by atoms with Crippen molar-refractivity contribution in [2.75, 3.05) is 0 Å². The van der Waals surface area contributed by atoms with Crippen molar-refractivity contribution in [1.29, 1.82) is 0 Å². The number of aromatic amines is 1. The Balaban J connectivity index is 2.53. The van der Waals surface area contributed by atoms with E-state index in [1.165, 1.54) is 0 Å². The van der Waals surface area contributed by atoms with E-state index in [0.29, 0.717) is 4.64 Å². The highest BCUT2D eigenvalue weighted by molar-refractivity contribution is 7.71. The van der Waals surface area contributed by atoms with E-state index in [0.717, 1.165) is 23.5 Å². The van der Waals surface area contributed by atoms with Crippen LogP contribution in [0.1, 0.15) is 12.7 Å². The van der Waals surface area contributed by atoms with Crippen molar-refractivity contribution in [3.63, 3.8) is 0 Å². The second-order valence-corrected chi connectivity index (χ2v) is 3.75. The molecule has 2 rings (SSSR count). The molecule has 0 aliphatic heterocycles. The molecule has 0 aliphatic rings. The molecular weight excluding hydrogens is 208 g/mol. The Morgan fingerprint density at radius 2 is 2.33 bits per heavy atom. The molecule has 0 radical (unpaired) electrons. The first kappa shape index (κ1) is 10.0. The molecular formula is C10H12N4S. The number of H-pyrrole nitrogens is 1. The van der Waals surface area contributed by atoms with Gasteiger partial charge in [0.15, 0.2) is 0 Å². The van der Waals surface area contributed by atoms with E-state index in [-0.39, 0.29) is 0 Å². The van der Waals surface area contributed by atoms with Crippen LogP contribution in [-0.4, -0.2) is 19.7 Å². The molecule has 0 bridgehead atoms. The fourth-order valence-electron chi connectivity index (χ4n) is 1.39. The molecule has 2 aromatic rings. The SMILES string of the molecule is CCc1nc(=S)cc(-c2cnn(C)c2)[nH]1. The smallest absolute Gasteiger partial charge is 0.130 e. The average Bonchev–Trinajstić information content (AvgIpc) is 2.64. The molecule has 5 heteroatoms. The van der Waals surface area contributed by atoms with E-state index in [4.69, 9.17) is 12.2 Å². The van der Waals surface area contributed by atoms with Crippen molar-refractivity contribution in [2.24, 2.45) is 7.05 Å². The van der Waals surface area contributed by atoms with Crippen LogP contribution in [-0.2, 0) is 13.5 Å². The van der Waals surface area contributed by atoms with Gasteiger partial charge in [-0.25, -0.2) is 4.98 Å². The number of aromatic nitrogens is 4. The van der Waals surface area contributed by atoms with Crippen LogP contribution in [0.4, 0.5) is 0 Å². The van der Waals surface area contributed by atoms with Gasteiger partial charge >= 0.3 is 0 Å². The number of nitrogens with one attached hydrogen (secondary N) is 1. The third-order valence-corrected chi connectivity index (χ3v) is 2.35. The highest BCUT2D eigenvalue weighted by Crippen LogP contribution is 2.15. The Kier molecular flexibility index (Phi) is 2.64. The lowest BCUT2D eigenvalue weighted by molar-refractivity contribution is 0.768. The molecule has 0 saturated heterocycles. The predicted molar refractivity (Wildman–Crippen MR) is 61.0 cm³/mol. The lowest BCUT2D eigenvalue weighted by atomic mass is 10.2. The zero-order valence-electron chi connectivity index (χ0n) is 8.69. The highest BCUT2D eigenvalue weighted by Gasteiger charge is 2.02. The molecule has 78 valence electrons. The minimum Gasteiger partial charge on any atom is -0.343 e. The van der Waals surface area contributed by atoms with Gasteiger partial charge in [-0.15, -0.1) is 0 Å². The Bertz CT molecular complexity index is 526. The van der Waals surface area contributed by atoms with Gasteiger partial charge in [-0.2, -0.15) is 5.10 Å². The summed E-state index contributed by atoms with van der Waals surface area (Å²) in [6.07, 6.45) is 4.60. The molecule has 0 aromatic carbocycles. The number of nitrogens with zero attached hydrogens (tertiary/aromatic N) is 3. The molecule has 15 heavy (non-hydrogen) atoms. The van der Waals surface area contributed by atoms with Gasteiger partial charge in [0.05, 0.1) is 11.9 Å². The fraction of sp³-hybridized carbons (Fsp3) is 0.300. The van der Waals surface area contributed by atoms with E-state index in [1.807, 2.05) is 26.2 Å². The van der Waals surface area contributed by atoms with Crippen molar-refractivity contribution in [3.05, 3.63) is 28.9 Å². The monoisotopic (exact) mass is 220 g/mol. The van der Waals surface area contributed by atoms with Crippen LogP contribution in [0.15, 0.2) is 18.5 Å². The van der Waals surface area contributed by atoms with E-state index < -0.39 is 0 Å². The minimum atomic E-state index is 0.615. The zero-order chi connectivity index (χ0) is 10.8. The zero-order valence-corrected chi connectivity index (χ0v) is 9.51. The molecule has 0 saturated carbocycles. The van der Waals surface area contributed by atoms with Crippen molar-refractivity contribution in [3.8, 4) is 11.3 Å². The van der Waals surface area contributed by atoms with Gasteiger partial charge in [-0.3, -0.25) is 4.68 Å². The van der Waals surface area contributed by atoms with Crippen LogP contribution in [0.3, 0.4) is 0 Å². The van der Waals surface area contributed by atoms with Crippen molar-refractivity contribution in [1.82, 2.24) is 19.7 Å². The van der Waals surface area contributed by atoms with Gasteiger partial charge in [-0.1, -0.05) is 19.1 Å². The standard InChI is InChI=1S/C10H12N4S/c1-3-9-12-8(4-10(15)13-9)7-5-11-14(2)6-7/h4-6H,3H2,1-2H3,(H,12,13,15). The lowest BCUT2D eigenvalue weighted by Gasteiger charge is -2.01. The molecule has 0 spiro atoms. The van der Waals surface area contributed by atoms with E-state index in [1.54, 1.807) is 10.9 Å². The lowest BCUT2D eigenvalue weighted by Crippen LogP contribution is -1.94. The van der Waals surface area contributed by atoms with E-state index in [2.05, 4.69) is 15.1 Å².